The number of nitrogens with zero attached hydrogens (tertiary/aromatic N) is 1. The normalized spacial score (nSPS) is 24.2. The van der Waals surface area contributed by atoms with Gasteiger partial charge in [-0.15, -0.1) is 0 Å². The van der Waals surface area contributed by atoms with Crippen molar-refractivity contribution in [2.45, 2.75) is 19.1 Å². The third-order valence-electron chi connectivity index (χ3n) is 1.09. The molecule has 1 aliphatic heterocycles. The molecular weight excluding hydrogens is 148 g/mol. The summed E-state index contributed by atoms with van der Waals surface area (Å²) in [5.74, 6) is -0.0413. The molecule has 3 nitrogen and oxygen atoms in total. The Balaban J connectivity index is 2.37. The Hall–Kier alpha value is -0.510. The van der Waals surface area contributed by atoms with Crippen LogP contribution in [0.2, 0.25) is 0 Å². The Morgan fingerprint density at radius 3 is 3.00 bits per heavy atom. The van der Waals surface area contributed by atoms with E-state index in [1.807, 2.05) is 0 Å². The molecule has 1 amide bonds. The van der Waals surface area contributed by atoms with Crippen LogP contribution in [0.25, 0.3) is 0 Å². The first-order valence-corrected chi connectivity index (χ1v) is 4.05. The van der Waals surface area contributed by atoms with E-state index in [1.165, 1.54) is 6.92 Å². The van der Waals surface area contributed by atoms with Crippen molar-refractivity contribution >= 4 is 22.8 Å². The average Bonchev–Trinajstić information content (AvgIpc) is 2.13. The minimum absolute atomic E-state index is 0.0413. The number of hydrogen-bond donors (Lipinski definition) is 1. The Labute approximate surface area is 64.3 Å². The van der Waals surface area contributed by atoms with Crippen LogP contribution in [-0.4, -0.2) is 22.9 Å². The molecule has 0 spiro atoms. The highest BCUT2D eigenvalue weighted by Crippen LogP contribution is 2.17. The number of amidine groups is 1. The molecule has 1 aliphatic rings. The van der Waals surface area contributed by atoms with E-state index in [9.17, 15) is 4.79 Å². The van der Waals surface area contributed by atoms with E-state index < -0.39 is 0 Å². The number of carbonyl (C=O) groups excluding carboxylic acids is 1. The van der Waals surface area contributed by atoms with E-state index in [0.29, 0.717) is 5.25 Å². The zero-order valence-electron chi connectivity index (χ0n) is 6.05. The summed E-state index contributed by atoms with van der Waals surface area (Å²) in [6, 6.07) is 0. The second kappa shape index (κ2) is 3.05. The average molecular weight is 158 g/mol. The van der Waals surface area contributed by atoms with Gasteiger partial charge in [-0.2, -0.15) is 0 Å². The maximum Gasteiger partial charge on any atom is 0.222 e. The van der Waals surface area contributed by atoms with Gasteiger partial charge in [0.2, 0.25) is 5.91 Å². The molecule has 56 valence electrons. The molecule has 0 aliphatic carbocycles. The minimum Gasteiger partial charge on any atom is -0.306 e. The maximum absolute atomic E-state index is 10.5. The monoisotopic (exact) mass is 158 g/mol. The van der Waals surface area contributed by atoms with Crippen molar-refractivity contribution in [1.82, 2.24) is 5.32 Å². The lowest BCUT2D eigenvalue weighted by Crippen LogP contribution is -2.24. The molecule has 4 heteroatoms. The molecule has 0 fully saturated rings. The summed E-state index contributed by atoms with van der Waals surface area (Å²) < 4.78 is 0. The fraction of sp³-hybridized carbons (Fsp3) is 0.667. The van der Waals surface area contributed by atoms with Gasteiger partial charge in [-0.25, -0.2) is 0 Å². The standard InChI is InChI=1S/C6H10N2OS/c1-4-3-7-6(10-4)8-5(2)9/h4H,3H2,1-2H3,(H,7,8,9). The molecule has 1 N–H and O–H groups in total. The van der Waals surface area contributed by atoms with Crippen molar-refractivity contribution in [3.63, 3.8) is 0 Å². The van der Waals surface area contributed by atoms with Gasteiger partial charge in [0.15, 0.2) is 5.17 Å². The first-order valence-electron chi connectivity index (χ1n) is 3.17. The Morgan fingerprint density at radius 1 is 1.90 bits per heavy atom. The van der Waals surface area contributed by atoms with E-state index in [2.05, 4.69) is 17.2 Å². The van der Waals surface area contributed by atoms with Crippen LogP contribution in [0.1, 0.15) is 13.8 Å². The molecule has 0 aromatic heterocycles. The largest absolute Gasteiger partial charge is 0.306 e. The quantitative estimate of drug-likeness (QED) is 0.561. The summed E-state index contributed by atoms with van der Waals surface area (Å²) in [5, 5.41) is 3.93. The van der Waals surface area contributed by atoms with Gasteiger partial charge in [-0.1, -0.05) is 18.7 Å². The van der Waals surface area contributed by atoms with Crippen LogP contribution in [0.3, 0.4) is 0 Å². The Kier molecular flexibility index (Phi) is 2.32. The number of thioether (sulfide) groups is 1. The molecule has 0 saturated heterocycles. The third-order valence-corrected chi connectivity index (χ3v) is 2.09. The summed E-state index contributed by atoms with van der Waals surface area (Å²) in [6.07, 6.45) is 0. The van der Waals surface area contributed by atoms with Gasteiger partial charge in [0.05, 0.1) is 6.54 Å². The second-order valence-corrected chi connectivity index (χ2v) is 3.68. The van der Waals surface area contributed by atoms with Gasteiger partial charge in [0.25, 0.3) is 0 Å². The van der Waals surface area contributed by atoms with Crippen molar-refractivity contribution in [3.8, 4) is 0 Å². The van der Waals surface area contributed by atoms with Crippen molar-refractivity contribution < 1.29 is 4.79 Å². The second-order valence-electron chi connectivity index (χ2n) is 2.26. The molecule has 0 aromatic carbocycles. The van der Waals surface area contributed by atoms with Crippen LogP contribution in [0.15, 0.2) is 4.99 Å². The highest BCUT2D eigenvalue weighted by atomic mass is 32.2. The Morgan fingerprint density at radius 2 is 2.60 bits per heavy atom. The first-order chi connectivity index (χ1) is 4.68. The topological polar surface area (TPSA) is 41.5 Å². The lowest BCUT2D eigenvalue weighted by Gasteiger charge is -1.99. The van der Waals surface area contributed by atoms with Gasteiger partial charge in [0, 0.05) is 12.2 Å². The summed E-state index contributed by atoms with van der Waals surface area (Å²) in [7, 11) is 0. The molecular formula is C6H10N2OS. The van der Waals surface area contributed by atoms with Crippen molar-refractivity contribution in [3.05, 3.63) is 0 Å². The predicted molar refractivity (Wildman–Crippen MR) is 43.2 cm³/mol. The molecule has 0 bridgehead atoms. The summed E-state index contributed by atoms with van der Waals surface area (Å²) >= 11 is 1.61. The van der Waals surface area contributed by atoms with Crippen molar-refractivity contribution in [1.29, 1.82) is 0 Å². The first kappa shape index (κ1) is 7.60. The molecule has 0 radical (unpaired) electrons. The van der Waals surface area contributed by atoms with Gasteiger partial charge in [-0.05, 0) is 0 Å². The molecule has 1 unspecified atom stereocenters. The molecule has 0 aromatic rings. The van der Waals surface area contributed by atoms with E-state index in [1.54, 1.807) is 11.8 Å². The number of carbonyl (C=O) groups is 1. The number of rotatable bonds is 0. The zero-order chi connectivity index (χ0) is 7.56. The molecule has 0 saturated carbocycles. The van der Waals surface area contributed by atoms with E-state index in [0.717, 1.165) is 11.7 Å². The van der Waals surface area contributed by atoms with Gasteiger partial charge in [0.1, 0.15) is 0 Å². The lowest BCUT2D eigenvalue weighted by molar-refractivity contribution is -0.117. The Bertz CT molecular complexity index is 179. The molecule has 1 atom stereocenters. The molecule has 1 rings (SSSR count). The van der Waals surface area contributed by atoms with Crippen LogP contribution in [0, 0.1) is 0 Å². The number of nitrogens with one attached hydrogen (secondary N) is 1. The van der Waals surface area contributed by atoms with E-state index in [4.69, 9.17) is 0 Å². The highest BCUT2D eigenvalue weighted by Gasteiger charge is 2.14. The van der Waals surface area contributed by atoms with Crippen molar-refractivity contribution in [2.24, 2.45) is 4.99 Å². The number of hydrogen-bond acceptors (Lipinski definition) is 3. The summed E-state index contributed by atoms with van der Waals surface area (Å²) in [4.78, 5) is 14.6. The highest BCUT2D eigenvalue weighted by molar-refractivity contribution is 8.14. The van der Waals surface area contributed by atoms with Crippen LogP contribution in [0.4, 0.5) is 0 Å². The molecule has 10 heavy (non-hydrogen) atoms. The van der Waals surface area contributed by atoms with Gasteiger partial charge < -0.3 is 5.32 Å². The lowest BCUT2D eigenvalue weighted by atomic mass is 10.5. The van der Waals surface area contributed by atoms with Crippen LogP contribution in [0.5, 0.6) is 0 Å². The van der Waals surface area contributed by atoms with Gasteiger partial charge in [-0.3, -0.25) is 9.79 Å². The summed E-state index contributed by atoms with van der Waals surface area (Å²) in [5.41, 5.74) is 0. The van der Waals surface area contributed by atoms with Crippen LogP contribution < -0.4 is 5.32 Å². The third kappa shape index (κ3) is 2.02. The minimum atomic E-state index is -0.0413. The van der Waals surface area contributed by atoms with Crippen LogP contribution in [-0.2, 0) is 4.79 Å². The fourth-order valence-electron chi connectivity index (χ4n) is 0.696. The summed E-state index contributed by atoms with van der Waals surface area (Å²) in [6.45, 7) is 4.40. The predicted octanol–water partition coefficient (Wildman–Crippen LogP) is 0.614. The SMILES string of the molecule is CC(=O)NC1=NCC(C)S1. The maximum atomic E-state index is 10.5. The fourth-order valence-corrected chi connectivity index (χ4v) is 1.58. The van der Waals surface area contributed by atoms with E-state index >= 15 is 0 Å². The number of aliphatic imine (C=N–C) groups is 1. The van der Waals surface area contributed by atoms with Gasteiger partial charge >= 0.3 is 0 Å². The molecule has 1 heterocycles. The number of amides is 1. The van der Waals surface area contributed by atoms with Crippen molar-refractivity contribution in [2.75, 3.05) is 6.54 Å². The zero-order valence-corrected chi connectivity index (χ0v) is 6.86. The van der Waals surface area contributed by atoms with E-state index in [-0.39, 0.29) is 5.91 Å². The smallest absolute Gasteiger partial charge is 0.222 e. The van der Waals surface area contributed by atoms with Crippen LogP contribution >= 0.6 is 11.8 Å².